The summed E-state index contributed by atoms with van der Waals surface area (Å²) in [6.07, 6.45) is 12.7. The van der Waals surface area contributed by atoms with Crippen LogP contribution in [0.5, 0.6) is 0 Å². The fourth-order valence-corrected chi connectivity index (χ4v) is 3.82. The van der Waals surface area contributed by atoms with Crippen molar-refractivity contribution in [3.8, 4) is 0 Å². The summed E-state index contributed by atoms with van der Waals surface area (Å²) < 4.78 is 45.3. The Balaban J connectivity index is 3.00. The number of alkyl halides is 1. The molecule has 0 bridgehead atoms. The summed E-state index contributed by atoms with van der Waals surface area (Å²) in [5, 5.41) is 0. The third-order valence-electron chi connectivity index (χ3n) is 5.42. The lowest BCUT2D eigenvalue weighted by molar-refractivity contribution is -0.0232. The first-order valence-corrected chi connectivity index (χ1v) is 16.1. The number of unbranched alkanes of at least 4 members (excludes halogenated alkanes) is 8. The third kappa shape index (κ3) is 36.4. The van der Waals surface area contributed by atoms with Crippen molar-refractivity contribution >= 4 is 22.6 Å². The first kappa shape index (κ1) is 37.4. The second kappa shape index (κ2) is 36.4. The molecule has 37 heavy (non-hydrogen) atoms. The van der Waals surface area contributed by atoms with Crippen molar-refractivity contribution in [2.45, 2.75) is 71.1 Å². The molecule has 0 aromatic heterocycles. The van der Waals surface area contributed by atoms with Gasteiger partial charge in [-0.15, -0.1) is 0 Å². The van der Waals surface area contributed by atoms with E-state index in [1.54, 1.807) is 0 Å². The van der Waals surface area contributed by atoms with Gasteiger partial charge in [-0.1, -0.05) is 74.5 Å². The predicted molar refractivity (Wildman–Crippen MR) is 157 cm³/mol. The third-order valence-corrected chi connectivity index (χ3v) is 6.18. The number of ether oxygens (including phenoxy) is 8. The van der Waals surface area contributed by atoms with Crippen LogP contribution in [0.1, 0.15) is 71.1 Å². The molecule has 0 heterocycles. The van der Waals surface area contributed by atoms with Crippen LogP contribution in [0.15, 0.2) is 0 Å². The molecule has 0 amide bonds. The number of hydrogen-bond donors (Lipinski definition) is 0. The van der Waals surface area contributed by atoms with Crippen LogP contribution >= 0.6 is 22.6 Å². The molecule has 0 atom stereocenters. The van der Waals surface area contributed by atoms with Gasteiger partial charge < -0.3 is 37.9 Å². The van der Waals surface area contributed by atoms with E-state index in [0.717, 1.165) is 26.1 Å². The van der Waals surface area contributed by atoms with Gasteiger partial charge in [0, 0.05) is 13.2 Å². The largest absolute Gasteiger partial charge is 0.379 e. The van der Waals surface area contributed by atoms with Gasteiger partial charge >= 0.3 is 0 Å². The molecular formula is C28H57IO8. The first-order chi connectivity index (χ1) is 18.4. The van der Waals surface area contributed by atoms with Crippen LogP contribution < -0.4 is 0 Å². The van der Waals surface area contributed by atoms with E-state index < -0.39 is 0 Å². The average molecular weight is 649 g/mol. The zero-order chi connectivity index (χ0) is 26.7. The van der Waals surface area contributed by atoms with E-state index in [0.29, 0.717) is 92.5 Å². The van der Waals surface area contributed by atoms with Gasteiger partial charge in [0.2, 0.25) is 0 Å². The van der Waals surface area contributed by atoms with Crippen molar-refractivity contribution in [3.63, 3.8) is 0 Å². The van der Waals surface area contributed by atoms with Crippen molar-refractivity contribution in [1.82, 2.24) is 0 Å². The van der Waals surface area contributed by atoms with Gasteiger partial charge in [-0.05, 0) is 23.7 Å². The molecule has 0 unspecified atom stereocenters. The van der Waals surface area contributed by atoms with E-state index in [9.17, 15) is 0 Å². The highest BCUT2D eigenvalue weighted by Gasteiger charge is 1.96. The lowest BCUT2D eigenvalue weighted by Crippen LogP contribution is -2.15. The number of hydrogen-bond acceptors (Lipinski definition) is 8. The Morgan fingerprint density at radius 2 is 0.541 bits per heavy atom. The van der Waals surface area contributed by atoms with Gasteiger partial charge in [0.05, 0.1) is 92.5 Å². The van der Waals surface area contributed by atoms with Gasteiger partial charge in [-0.25, -0.2) is 0 Å². The fourth-order valence-electron chi connectivity index (χ4n) is 3.28. The maximum absolute atomic E-state index is 5.58. The molecule has 0 aliphatic carbocycles. The second-order valence-electron chi connectivity index (χ2n) is 8.77. The van der Waals surface area contributed by atoms with E-state index in [2.05, 4.69) is 29.5 Å². The Bertz CT molecular complexity index is 359. The summed E-state index contributed by atoms with van der Waals surface area (Å²) in [7, 11) is 0. The lowest BCUT2D eigenvalue weighted by Gasteiger charge is -2.09. The zero-order valence-corrected chi connectivity index (χ0v) is 25.9. The second-order valence-corrected chi connectivity index (χ2v) is 9.85. The van der Waals surface area contributed by atoms with Crippen LogP contribution in [-0.4, -0.2) is 110 Å². The fraction of sp³-hybridized carbons (Fsp3) is 1.00. The minimum absolute atomic E-state index is 0.553. The minimum atomic E-state index is 0.553. The average Bonchev–Trinajstić information content (AvgIpc) is 2.91. The molecule has 0 fully saturated rings. The Kier molecular flexibility index (Phi) is 36.8. The molecule has 224 valence electrons. The molecule has 0 aromatic carbocycles. The Hall–Kier alpha value is 0.410. The maximum atomic E-state index is 5.58. The highest BCUT2D eigenvalue weighted by Crippen LogP contribution is 2.05. The molecule has 0 saturated heterocycles. The van der Waals surface area contributed by atoms with Crippen molar-refractivity contribution in [1.29, 1.82) is 0 Å². The van der Waals surface area contributed by atoms with E-state index in [1.165, 1.54) is 55.8 Å². The summed E-state index contributed by atoms with van der Waals surface area (Å²) >= 11 is 2.42. The van der Waals surface area contributed by atoms with Gasteiger partial charge in [0.25, 0.3) is 0 Å². The number of rotatable bonds is 34. The van der Waals surface area contributed by atoms with Gasteiger partial charge in [0.15, 0.2) is 0 Å². The summed E-state index contributed by atoms with van der Waals surface area (Å²) in [6, 6.07) is 0. The molecule has 0 N–H and O–H groups in total. The van der Waals surface area contributed by atoms with E-state index in [1.807, 2.05) is 0 Å². The molecule has 0 spiro atoms. The predicted octanol–water partition coefficient (Wildman–Crippen LogP) is 5.48. The van der Waals surface area contributed by atoms with Crippen LogP contribution in [0.3, 0.4) is 0 Å². The van der Waals surface area contributed by atoms with Crippen molar-refractivity contribution in [2.75, 3.05) is 110 Å². The molecular weight excluding hydrogens is 591 g/mol. The molecule has 0 saturated carbocycles. The lowest BCUT2D eigenvalue weighted by atomic mass is 10.1. The molecule has 0 aliphatic heterocycles. The quantitative estimate of drug-likeness (QED) is 0.0517. The molecule has 0 rings (SSSR count). The van der Waals surface area contributed by atoms with Gasteiger partial charge in [0.1, 0.15) is 0 Å². The molecule has 0 aromatic rings. The molecule has 9 heteroatoms. The van der Waals surface area contributed by atoms with Crippen LogP contribution in [0.25, 0.3) is 0 Å². The van der Waals surface area contributed by atoms with Gasteiger partial charge in [-0.3, -0.25) is 0 Å². The van der Waals surface area contributed by atoms with Gasteiger partial charge in [-0.2, -0.15) is 0 Å². The van der Waals surface area contributed by atoms with E-state index in [-0.39, 0.29) is 0 Å². The monoisotopic (exact) mass is 648 g/mol. The van der Waals surface area contributed by atoms with Crippen molar-refractivity contribution in [3.05, 3.63) is 0 Å². The van der Waals surface area contributed by atoms with Crippen LogP contribution in [0.4, 0.5) is 0 Å². The van der Waals surface area contributed by atoms with Crippen LogP contribution in [-0.2, 0) is 37.9 Å². The SMILES string of the molecule is CCCCCCCCOCCOCCOCCOCCOCCOCCOCCOCCCCCCI. The molecule has 8 nitrogen and oxygen atoms in total. The smallest absolute Gasteiger partial charge is 0.0701 e. The van der Waals surface area contributed by atoms with Crippen molar-refractivity contribution in [2.24, 2.45) is 0 Å². The van der Waals surface area contributed by atoms with Crippen LogP contribution in [0.2, 0.25) is 0 Å². The molecule has 0 aliphatic rings. The summed E-state index contributed by atoms with van der Waals surface area (Å²) in [6.45, 7) is 12.1. The van der Waals surface area contributed by atoms with E-state index >= 15 is 0 Å². The summed E-state index contributed by atoms with van der Waals surface area (Å²) in [4.78, 5) is 0. The summed E-state index contributed by atoms with van der Waals surface area (Å²) in [5.41, 5.74) is 0. The maximum Gasteiger partial charge on any atom is 0.0701 e. The normalized spacial score (nSPS) is 11.5. The Labute approximate surface area is 241 Å². The van der Waals surface area contributed by atoms with Crippen molar-refractivity contribution < 1.29 is 37.9 Å². The Morgan fingerprint density at radius 3 is 0.838 bits per heavy atom. The topological polar surface area (TPSA) is 73.8 Å². The standard InChI is InChI=1S/C28H57IO8/c1-2-3-4-5-7-10-13-30-15-17-32-19-21-34-23-25-36-27-28-37-26-24-35-22-20-33-18-16-31-14-11-8-6-9-12-29/h2-28H2,1H3. The first-order valence-electron chi connectivity index (χ1n) is 14.6. The summed E-state index contributed by atoms with van der Waals surface area (Å²) in [5.74, 6) is 0. The minimum Gasteiger partial charge on any atom is -0.379 e. The molecule has 0 radical (unpaired) electrons. The highest BCUT2D eigenvalue weighted by molar-refractivity contribution is 14.1. The van der Waals surface area contributed by atoms with E-state index in [4.69, 9.17) is 37.9 Å². The Morgan fingerprint density at radius 1 is 0.297 bits per heavy atom. The van der Waals surface area contributed by atoms with Crippen LogP contribution in [0, 0.1) is 0 Å². The number of halogens is 1. The highest BCUT2D eigenvalue weighted by atomic mass is 127. The zero-order valence-electron chi connectivity index (χ0n) is 23.7.